The number of ether oxygens (including phenoxy) is 3. The maximum absolute atomic E-state index is 9.68. The van der Waals surface area contributed by atoms with Crippen LogP contribution in [0.15, 0.2) is 0 Å². The lowest BCUT2D eigenvalue weighted by atomic mass is 10.0. The van der Waals surface area contributed by atoms with Crippen molar-refractivity contribution in [2.75, 3.05) is 13.2 Å². The van der Waals surface area contributed by atoms with Crippen LogP contribution in [0.4, 0.5) is 0 Å². The van der Waals surface area contributed by atoms with E-state index in [0.29, 0.717) is 6.42 Å². The maximum atomic E-state index is 9.68. The van der Waals surface area contributed by atoms with Gasteiger partial charge in [0.1, 0.15) is 12.2 Å². The van der Waals surface area contributed by atoms with Crippen LogP contribution in [-0.2, 0) is 14.2 Å². The van der Waals surface area contributed by atoms with Gasteiger partial charge in [-0.15, -0.1) is 0 Å². The second kappa shape index (κ2) is 7.10. The average Bonchev–Trinajstić information content (AvgIpc) is 2.41. The van der Waals surface area contributed by atoms with Crippen LogP contribution in [0.1, 0.15) is 19.3 Å². The van der Waals surface area contributed by atoms with Gasteiger partial charge in [-0.2, -0.15) is 0 Å². The Balaban J connectivity index is 1.89. The zero-order valence-corrected chi connectivity index (χ0v) is 11.0. The Hall–Kier alpha value is -0.320. The molecule has 0 aliphatic carbocycles. The highest BCUT2D eigenvalue weighted by molar-refractivity contribution is 4.83. The summed E-state index contributed by atoms with van der Waals surface area (Å²) < 4.78 is 16.2. The van der Waals surface area contributed by atoms with E-state index < -0.39 is 49.7 Å². The van der Waals surface area contributed by atoms with Gasteiger partial charge in [0.15, 0.2) is 12.6 Å². The van der Waals surface area contributed by atoms with Gasteiger partial charge in [-0.25, -0.2) is 0 Å². The standard InChI is InChI=1S/C12H22O8/c13-4-7-1-6(15)2-10(18-7)20-11-3-8(16)12(17)9(5-14)19-11/h6-17H,1-5H2/t6-,7-,8+,9+,10?,11+,12-/m0/s1. The molecule has 2 heterocycles. The zero-order valence-electron chi connectivity index (χ0n) is 11.0. The number of hydrogen-bond acceptors (Lipinski definition) is 8. The van der Waals surface area contributed by atoms with Crippen molar-refractivity contribution in [2.24, 2.45) is 0 Å². The van der Waals surface area contributed by atoms with E-state index in [4.69, 9.17) is 24.4 Å². The third kappa shape index (κ3) is 3.86. The number of hydrogen-bond donors (Lipinski definition) is 5. The highest BCUT2D eigenvalue weighted by atomic mass is 16.8. The third-order valence-corrected chi connectivity index (χ3v) is 3.57. The van der Waals surface area contributed by atoms with Crippen molar-refractivity contribution in [3.8, 4) is 0 Å². The van der Waals surface area contributed by atoms with Gasteiger partial charge < -0.3 is 39.7 Å². The molecule has 0 spiro atoms. The van der Waals surface area contributed by atoms with Gasteiger partial charge in [0, 0.05) is 19.3 Å². The summed E-state index contributed by atoms with van der Waals surface area (Å²) in [4.78, 5) is 0. The maximum Gasteiger partial charge on any atom is 0.163 e. The first-order valence-corrected chi connectivity index (χ1v) is 6.75. The molecule has 8 nitrogen and oxygen atoms in total. The molecule has 2 saturated heterocycles. The Kier molecular flexibility index (Phi) is 5.70. The Morgan fingerprint density at radius 3 is 2.25 bits per heavy atom. The fourth-order valence-electron chi connectivity index (χ4n) is 2.48. The van der Waals surface area contributed by atoms with Crippen LogP contribution in [0, 0.1) is 0 Å². The topological polar surface area (TPSA) is 129 Å². The molecule has 2 fully saturated rings. The largest absolute Gasteiger partial charge is 0.394 e. The van der Waals surface area contributed by atoms with Crippen LogP contribution in [0.25, 0.3) is 0 Å². The molecule has 5 N–H and O–H groups in total. The van der Waals surface area contributed by atoms with Crippen molar-refractivity contribution in [3.05, 3.63) is 0 Å². The van der Waals surface area contributed by atoms with Crippen LogP contribution in [0.2, 0.25) is 0 Å². The van der Waals surface area contributed by atoms with E-state index in [1.807, 2.05) is 0 Å². The van der Waals surface area contributed by atoms with Crippen molar-refractivity contribution in [3.63, 3.8) is 0 Å². The van der Waals surface area contributed by atoms with E-state index in [2.05, 4.69) is 0 Å². The summed E-state index contributed by atoms with van der Waals surface area (Å²) >= 11 is 0. The van der Waals surface area contributed by atoms with Gasteiger partial charge in [0.25, 0.3) is 0 Å². The van der Waals surface area contributed by atoms with Crippen LogP contribution < -0.4 is 0 Å². The summed E-state index contributed by atoms with van der Waals surface area (Å²) in [7, 11) is 0. The van der Waals surface area contributed by atoms with E-state index in [9.17, 15) is 15.3 Å². The fraction of sp³-hybridized carbons (Fsp3) is 1.00. The fourth-order valence-corrected chi connectivity index (χ4v) is 2.48. The van der Waals surface area contributed by atoms with E-state index in [1.54, 1.807) is 0 Å². The lowest BCUT2D eigenvalue weighted by Crippen LogP contribution is -2.52. The third-order valence-electron chi connectivity index (χ3n) is 3.57. The normalized spacial score (nSPS) is 46.4. The van der Waals surface area contributed by atoms with Crippen molar-refractivity contribution >= 4 is 0 Å². The minimum Gasteiger partial charge on any atom is -0.394 e. The van der Waals surface area contributed by atoms with Crippen molar-refractivity contribution in [1.82, 2.24) is 0 Å². The molecular formula is C12H22O8. The van der Waals surface area contributed by atoms with Crippen molar-refractivity contribution < 1.29 is 39.7 Å². The van der Waals surface area contributed by atoms with Gasteiger partial charge in [-0.1, -0.05) is 0 Å². The highest BCUT2D eigenvalue weighted by Gasteiger charge is 2.39. The van der Waals surface area contributed by atoms with Gasteiger partial charge in [-0.3, -0.25) is 0 Å². The molecule has 2 aliphatic rings. The molecule has 0 amide bonds. The van der Waals surface area contributed by atoms with E-state index in [0.717, 1.165) is 0 Å². The summed E-state index contributed by atoms with van der Waals surface area (Å²) in [6.45, 7) is -0.658. The molecule has 0 aromatic heterocycles. The van der Waals surface area contributed by atoms with Crippen molar-refractivity contribution in [2.45, 2.75) is 62.4 Å². The smallest absolute Gasteiger partial charge is 0.163 e. The summed E-state index contributed by atoms with van der Waals surface area (Å²) in [5.41, 5.74) is 0. The van der Waals surface area contributed by atoms with Gasteiger partial charge in [0.05, 0.1) is 31.5 Å². The molecule has 8 heteroatoms. The SMILES string of the molecule is OC[C@@H]1C[C@H](O)CC(O[C@@H]2C[C@@H](O)[C@H](O)[C@@H](CO)O2)O1. The Labute approximate surface area is 116 Å². The van der Waals surface area contributed by atoms with Gasteiger partial charge >= 0.3 is 0 Å². The molecule has 0 radical (unpaired) electrons. The molecule has 7 atom stereocenters. The van der Waals surface area contributed by atoms with Crippen LogP contribution in [0.3, 0.4) is 0 Å². The van der Waals surface area contributed by atoms with Crippen LogP contribution >= 0.6 is 0 Å². The monoisotopic (exact) mass is 294 g/mol. The zero-order chi connectivity index (χ0) is 14.7. The molecule has 2 rings (SSSR count). The minimum absolute atomic E-state index is 0.0391. The van der Waals surface area contributed by atoms with Crippen molar-refractivity contribution in [1.29, 1.82) is 0 Å². The predicted molar refractivity (Wildman–Crippen MR) is 64.5 cm³/mol. The number of rotatable bonds is 4. The summed E-state index contributed by atoms with van der Waals surface area (Å²) in [5.74, 6) is 0. The first kappa shape index (κ1) is 16.1. The predicted octanol–water partition coefficient (Wildman–Crippen LogP) is -2.31. The molecule has 0 aromatic rings. The highest BCUT2D eigenvalue weighted by Crippen LogP contribution is 2.26. The second-order valence-corrected chi connectivity index (χ2v) is 5.21. The lowest BCUT2D eigenvalue weighted by molar-refractivity contribution is -0.323. The molecule has 20 heavy (non-hydrogen) atoms. The number of aliphatic hydroxyl groups excluding tert-OH is 5. The Morgan fingerprint density at radius 2 is 1.60 bits per heavy atom. The average molecular weight is 294 g/mol. The molecule has 0 saturated carbocycles. The molecule has 0 bridgehead atoms. The van der Waals surface area contributed by atoms with Crippen LogP contribution in [-0.4, -0.2) is 81.8 Å². The summed E-state index contributed by atoms with van der Waals surface area (Å²) in [6.07, 6.45) is -5.29. The molecule has 1 unspecified atom stereocenters. The first-order valence-electron chi connectivity index (χ1n) is 6.75. The molecular weight excluding hydrogens is 272 g/mol. The minimum atomic E-state index is -1.16. The van der Waals surface area contributed by atoms with Gasteiger partial charge in [-0.05, 0) is 0 Å². The Bertz CT molecular complexity index is 301. The quantitative estimate of drug-likeness (QED) is 0.391. The van der Waals surface area contributed by atoms with E-state index >= 15 is 0 Å². The second-order valence-electron chi connectivity index (χ2n) is 5.21. The first-order chi connectivity index (χ1) is 9.53. The summed E-state index contributed by atoms with van der Waals surface area (Å²) in [6, 6.07) is 0. The Morgan fingerprint density at radius 1 is 0.900 bits per heavy atom. The molecule has 118 valence electrons. The van der Waals surface area contributed by atoms with Crippen LogP contribution in [0.5, 0.6) is 0 Å². The lowest BCUT2D eigenvalue weighted by Gasteiger charge is -2.39. The number of aliphatic hydroxyl groups is 5. The van der Waals surface area contributed by atoms with Gasteiger partial charge in [0.2, 0.25) is 0 Å². The summed E-state index contributed by atoms with van der Waals surface area (Å²) in [5, 5.41) is 47.1. The van der Waals surface area contributed by atoms with E-state index in [1.165, 1.54) is 0 Å². The van der Waals surface area contributed by atoms with E-state index in [-0.39, 0.29) is 19.4 Å². The molecule has 2 aliphatic heterocycles. The molecule has 0 aromatic carbocycles.